The summed E-state index contributed by atoms with van der Waals surface area (Å²) in [6, 6.07) is 0. The second kappa shape index (κ2) is 3.73. The van der Waals surface area contributed by atoms with Crippen LogP contribution in [0.4, 0.5) is 0 Å². The highest BCUT2D eigenvalue weighted by Crippen LogP contribution is 2.40. The summed E-state index contributed by atoms with van der Waals surface area (Å²) in [6.07, 6.45) is 4.31. The summed E-state index contributed by atoms with van der Waals surface area (Å²) in [7, 11) is 0. The largest absolute Gasteiger partial charge is 0.396 e. The van der Waals surface area contributed by atoms with E-state index in [-0.39, 0.29) is 6.61 Å². The summed E-state index contributed by atoms with van der Waals surface area (Å²) in [5.41, 5.74) is 2.60. The molecule has 1 aromatic heterocycles. The van der Waals surface area contributed by atoms with Crippen LogP contribution >= 0.6 is 0 Å². The lowest BCUT2D eigenvalue weighted by Gasteiger charge is -2.29. The smallest absolute Gasteiger partial charge is 0.0525 e. The van der Waals surface area contributed by atoms with Gasteiger partial charge in [-0.1, -0.05) is 13.8 Å². The summed E-state index contributed by atoms with van der Waals surface area (Å²) >= 11 is 0. The van der Waals surface area contributed by atoms with Crippen molar-refractivity contribution in [2.75, 3.05) is 6.61 Å². The Labute approximate surface area is 84.5 Å². The molecule has 1 heterocycles. The van der Waals surface area contributed by atoms with Crippen LogP contribution in [-0.4, -0.2) is 21.9 Å². The molecule has 3 atom stereocenters. The van der Waals surface area contributed by atoms with Crippen LogP contribution in [0, 0.1) is 5.92 Å². The van der Waals surface area contributed by atoms with Crippen LogP contribution in [0.5, 0.6) is 0 Å². The summed E-state index contributed by atoms with van der Waals surface area (Å²) < 4.78 is 0. The first-order valence-corrected chi connectivity index (χ1v) is 5.38. The average molecular weight is 194 g/mol. The number of aromatic amines is 1. The van der Waals surface area contributed by atoms with Crippen molar-refractivity contribution in [2.45, 2.75) is 38.5 Å². The van der Waals surface area contributed by atoms with Gasteiger partial charge in [0, 0.05) is 12.3 Å². The Hall–Kier alpha value is -0.830. The molecule has 0 aromatic carbocycles. The molecule has 14 heavy (non-hydrogen) atoms. The fourth-order valence-electron chi connectivity index (χ4n) is 2.44. The number of nitrogens with one attached hydrogen (secondary N) is 1. The van der Waals surface area contributed by atoms with Gasteiger partial charge in [0.05, 0.1) is 6.20 Å². The van der Waals surface area contributed by atoms with Gasteiger partial charge in [-0.05, 0) is 36.2 Å². The molecule has 0 spiro atoms. The van der Waals surface area contributed by atoms with Gasteiger partial charge in [0.15, 0.2) is 0 Å². The third-order valence-electron chi connectivity index (χ3n) is 3.48. The topological polar surface area (TPSA) is 48.9 Å². The van der Waals surface area contributed by atoms with Crippen molar-refractivity contribution in [2.24, 2.45) is 5.92 Å². The minimum atomic E-state index is 0.268. The number of aliphatic hydroxyl groups is 1. The molecule has 1 aliphatic rings. The van der Waals surface area contributed by atoms with Gasteiger partial charge in [0.1, 0.15) is 0 Å². The molecule has 78 valence electrons. The molecule has 0 saturated carbocycles. The number of aliphatic hydroxyl groups excluding tert-OH is 1. The van der Waals surface area contributed by atoms with Crippen molar-refractivity contribution in [1.29, 1.82) is 0 Å². The van der Waals surface area contributed by atoms with Crippen LogP contribution in [-0.2, 0) is 0 Å². The van der Waals surface area contributed by atoms with E-state index in [0.29, 0.717) is 17.8 Å². The van der Waals surface area contributed by atoms with Crippen LogP contribution in [0.3, 0.4) is 0 Å². The van der Waals surface area contributed by atoms with E-state index < -0.39 is 0 Å². The van der Waals surface area contributed by atoms with E-state index in [0.717, 1.165) is 0 Å². The van der Waals surface area contributed by atoms with Gasteiger partial charge in [-0.3, -0.25) is 5.10 Å². The number of hydrogen-bond donors (Lipinski definition) is 2. The van der Waals surface area contributed by atoms with Gasteiger partial charge in [-0.15, -0.1) is 0 Å². The van der Waals surface area contributed by atoms with E-state index in [4.69, 9.17) is 0 Å². The van der Waals surface area contributed by atoms with Crippen molar-refractivity contribution >= 4 is 0 Å². The predicted octanol–water partition coefficient (Wildman–Crippen LogP) is 2.02. The Morgan fingerprint density at radius 2 is 2.43 bits per heavy atom. The Bertz CT molecular complexity index is 308. The van der Waals surface area contributed by atoms with Gasteiger partial charge in [-0.25, -0.2) is 0 Å². The molecule has 0 bridgehead atoms. The number of H-pyrrole nitrogens is 1. The highest BCUT2D eigenvalue weighted by atomic mass is 16.3. The molecule has 0 fully saturated rings. The maximum Gasteiger partial charge on any atom is 0.0525 e. The van der Waals surface area contributed by atoms with Crippen molar-refractivity contribution in [3.8, 4) is 0 Å². The zero-order valence-electron chi connectivity index (χ0n) is 8.83. The first-order chi connectivity index (χ1) is 6.74. The molecule has 3 nitrogen and oxygen atoms in total. The Kier molecular flexibility index (Phi) is 2.59. The SMILES string of the molecule is CC1CCC(C(C)CO)c2cn[nH]c21. The molecule has 2 N–H and O–H groups in total. The predicted molar refractivity (Wildman–Crippen MR) is 55.2 cm³/mol. The van der Waals surface area contributed by atoms with Crippen LogP contribution in [0.15, 0.2) is 6.20 Å². The zero-order valence-corrected chi connectivity index (χ0v) is 8.83. The van der Waals surface area contributed by atoms with Crippen molar-refractivity contribution in [1.82, 2.24) is 10.2 Å². The minimum Gasteiger partial charge on any atom is -0.396 e. The quantitative estimate of drug-likeness (QED) is 0.756. The van der Waals surface area contributed by atoms with E-state index >= 15 is 0 Å². The number of aromatic nitrogens is 2. The van der Waals surface area contributed by atoms with Crippen molar-refractivity contribution in [3.05, 3.63) is 17.5 Å². The van der Waals surface area contributed by atoms with Gasteiger partial charge < -0.3 is 5.11 Å². The van der Waals surface area contributed by atoms with Crippen LogP contribution < -0.4 is 0 Å². The van der Waals surface area contributed by atoms with E-state index in [1.54, 1.807) is 0 Å². The van der Waals surface area contributed by atoms with Crippen LogP contribution in [0.25, 0.3) is 0 Å². The number of hydrogen-bond acceptors (Lipinski definition) is 2. The van der Waals surface area contributed by atoms with Crippen molar-refractivity contribution in [3.63, 3.8) is 0 Å². The molecule has 0 aliphatic heterocycles. The summed E-state index contributed by atoms with van der Waals surface area (Å²) in [4.78, 5) is 0. The summed E-state index contributed by atoms with van der Waals surface area (Å²) in [6.45, 7) is 4.61. The second-order valence-corrected chi connectivity index (χ2v) is 4.48. The number of nitrogens with zero attached hydrogens (tertiary/aromatic N) is 1. The summed E-state index contributed by atoms with van der Waals surface area (Å²) in [5, 5.41) is 16.4. The third-order valence-corrected chi connectivity index (χ3v) is 3.48. The molecule has 3 heteroatoms. The fourth-order valence-corrected chi connectivity index (χ4v) is 2.44. The molecule has 0 amide bonds. The molecule has 1 aliphatic carbocycles. The normalized spacial score (nSPS) is 28.5. The molecule has 0 saturated heterocycles. The highest BCUT2D eigenvalue weighted by Gasteiger charge is 2.29. The molecular weight excluding hydrogens is 176 g/mol. The van der Waals surface area contributed by atoms with Crippen LogP contribution in [0.1, 0.15) is 49.8 Å². The fraction of sp³-hybridized carbons (Fsp3) is 0.727. The third kappa shape index (κ3) is 1.46. The second-order valence-electron chi connectivity index (χ2n) is 4.48. The van der Waals surface area contributed by atoms with E-state index in [9.17, 15) is 5.11 Å². The molecule has 1 aromatic rings. The monoisotopic (exact) mass is 194 g/mol. The maximum atomic E-state index is 9.19. The number of fused-ring (bicyclic) bond motifs is 1. The molecule has 3 unspecified atom stereocenters. The van der Waals surface area contributed by atoms with Gasteiger partial charge in [0.2, 0.25) is 0 Å². The Balaban J connectivity index is 2.29. The summed E-state index contributed by atoms with van der Waals surface area (Å²) in [5.74, 6) is 1.43. The highest BCUT2D eigenvalue weighted by molar-refractivity contribution is 5.27. The van der Waals surface area contributed by atoms with Gasteiger partial charge in [-0.2, -0.15) is 5.10 Å². The Morgan fingerprint density at radius 3 is 3.14 bits per heavy atom. The molecule has 0 radical (unpaired) electrons. The van der Waals surface area contributed by atoms with Gasteiger partial charge >= 0.3 is 0 Å². The Morgan fingerprint density at radius 1 is 1.64 bits per heavy atom. The lowest BCUT2D eigenvalue weighted by Crippen LogP contribution is -2.19. The lowest BCUT2D eigenvalue weighted by atomic mass is 9.76. The van der Waals surface area contributed by atoms with Crippen molar-refractivity contribution < 1.29 is 5.11 Å². The van der Waals surface area contributed by atoms with E-state index in [1.807, 2.05) is 6.20 Å². The zero-order chi connectivity index (χ0) is 10.1. The van der Waals surface area contributed by atoms with E-state index in [2.05, 4.69) is 24.0 Å². The first-order valence-electron chi connectivity index (χ1n) is 5.38. The first kappa shape index (κ1) is 9.71. The maximum absolute atomic E-state index is 9.19. The molecule has 2 rings (SSSR count). The minimum absolute atomic E-state index is 0.268. The number of rotatable bonds is 2. The van der Waals surface area contributed by atoms with E-state index in [1.165, 1.54) is 24.1 Å². The van der Waals surface area contributed by atoms with Crippen LogP contribution in [0.2, 0.25) is 0 Å². The molecular formula is C11H18N2O. The average Bonchev–Trinajstić information content (AvgIpc) is 2.67. The standard InChI is InChI=1S/C11H18N2O/c1-7-3-4-9(8(2)6-14)10-5-12-13-11(7)10/h5,7-9,14H,3-4,6H2,1-2H3,(H,12,13). The van der Waals surface area contributed by atoms with Gasteiger partial charge in [0.25, 0.3) is 0 Å². The lowest BCUT2D eigenvalue weighted by molar-refractivity contribution is 0.206.